The van der Waals surface area contributed by atoms with Crippen molar-refractivity contribution in [1.82, 2.24) is 0 Å². The average molecular weight is 357 g/mol. The Kier molecular flexibility index (Phi) is 7.93. The maximum atomic E-state index is 11.5. The maximum Gasteiger partial charge on any atom is -1.00 e. The van der Waals surface area contributed by atoms with Gasteiger partial charge in [0.1, 0.15) is 0 Å². The summed E-state index contributed by atoms with van der Waals surface area (Å²) in [7, 11) is -1.35. The van der Waals surface area contributed by atoms with E-state index >= 15 is 0 Å². The molecule has 1 heterocycles. The van der Waals surface area contributed by atoms with Crippen LogP contribution in [-0.4, -0.2) is 30.2 Å². The molecule has 0 aromatic rings. The van der Waals surface area contributed by atoms with Gasteiger partial charge in [0.2, 0.25) is 0 Å². The molecule has 0 aromatic carbocycles. The normalized spacial score (nSPS) is 17.7. The van der Waals surface area contributed by atoms with Crippen LogP contribution < -0.4 is 24.8 Å². The number of fused-ring (bicyclic) bond motifs is 1. The van der Waals surface area contributed by atoms with Gasteiger partial charge in [0, 0.05) is 0 Å². The molecule has 0 spiro atoms. The number of allylic oxidation sites excluding steroid dienone is 4. The van der Waals surface area contributed by atoms with Crippen LogP contribution in [0.4, 0.5) is 0 Å². The summed E-state index contributed by atoms with van der Waals surface area (Å²) in [5.74, 6) is 0.356. The monoisotopic (exact) mass is 356 g/mol. The van der Waals surface area contributed by atoms with Crippen LogP contribution in [0.5, 0.6) is 0 Å². The van der Waals surface area contributed by atoms with E-state index in [4.69, 9.17) is 4.43 Å². The van der Waals surface area contributed by atoms with Crippen molar-refractivity contribution < 1.29 is 53.2 Å². The smallest absolute Gasteiger partial charge is 1.00 e. The molecule has 100 valence electrons. The molecule has 2 rings (SSSR count). The number of halogens is 2. The minimum absolute atomic E-state index is 0. The van der Waals surface area contributed by atoms with E-state index in [0.717, 1.165) is 13.0 Å². The standard InChI is InChI=1S/C6H15OSi.C5H3OSi.2ClH.Ti/c1-5-6-7-8(2,3)4;6-3-1-4-5(2-3)7-4;;;/h1,5-6H2,2-4H3;1H,7H2;2*1H;/q;;;;+2/p-2. The van der Waals surface area contributed by atoms with Crippen LogP contribution in [0.25, 0.3) is 0 Å². The van der Waals surface area contributed by atoms with Gasteiger partial charge in [-0.1, -0.05) is 0 Å². The molecule has 0 saturated carbocycles. The third kappa shape index (κ3) is 5.45. The molecule has 0 radical (unpaired) electrons. The van der Waals surface area contributed by atoms with Gasteiger partial charge in [-0.2, -0.15) is 0 Å². The molecule has 0 aromatic heterocycles. The van der Waals surface area contributed by atoms with E-state index in [-0.39, 0.29) is 53.5 Å². The number of carbonyl (C=O) groups is 1. The Morgan fingerprint density at radius 3 is 2.50 bits per heavy atom. The second kappa shape index (κ2) is 7.58. The fraction of sp³-hybridized carbons (Fsp3) is 0.545. The van der Waals surface area contributed by atoms with Crippen LogP contribution in [0.2, 0.25) is 24.4 Å². The molecule has 1 fully saturated rings. The third-order valence-electron chi connectivity index (χ3n) is 2.64. The van der Waals surface area contributed by atoms with Gasteiger partial charge >= 0.3 is 110 Å². The van der Waals surface area contributed by atoms with Gasteiger partial charge in [-0.25, -0.2) is 0 Å². The van der Waals surface area contributed by atoms with E-state index in [1.807, 2.05) is 6.08 Å². The van der Waals surface area contributed by atoms with Crippen molar-refractivity contribution in [2.75, 3.05) is 6.61 Å². The molecule has 18 heavy (non-hydrogen) atoms. The predicted octanol–water partition coefficient (Wildman–Crippen LogP) is -4.40. The van der Waals surface area contributed by atoms with Crippen LogP contribution in [0.15, 0.2) is 20.3 Å². The second-order valence-corrected chi connectivity index (χ2v) is 13.8. The molecule has 1 saturated heterocycles. The summed E-state index contributed by atoms with van der Waals surface area (Å²) in [5.41, 5.74) is 0. The first-order valence-electron chi connectivity index (χ1n) is 5.83. The third-order valence-corrected chi connectivity index (χ3v) is 8.29. The van der Waals surface area contributed by atoms with Crippen molar-refractivity contribution in [2.24, 2.45) is 0 Å². The summed E-state index contributed by atoms with van der Waals surface area (Å²) < 4.78 is 8.31. The van der Waals surface area contributed by atoms with Crippen LogP contribution in [-0.2, 0) is 28.4 Å². The van der Waals surface area contributed by atoms with E-state index in [9.17, 15) is 4.79 Å². The van der Waals surface area contributed by atoms with E-state index in [0.29, 0.717) is 5.78 Å². The van der Waals surface area contributed by atoms with Crippen molar-refractivity contribution in [2.45, 2.75) is 30.8 Å². The topological polar surface area (TPSA) is 26.3 Å². The van der Waals surface area contributed by atoms with Crippen molar-refractivity contribution in [3.05, 3.63) is 20.3 Å². The largest absolute Gasteiger partial charge is 1.00 e. The van der Waals surface area contributed by atoms with Crippen LogP contribution in [0, 0.1) is 0 Å². The van der Waals surface area contributed by atoms with Gasteiger partial charge in [-0.3, -0.25) is 0 Å². The molecule has 0 unspecified atom stereocenters. The average Bonchev–Trinajstić information content (AvgIpc) is 2.82. The van der Waals surface area contributed by atoms with Crippen molar-refractivity contribution in [3.8, 4) is 0 Å². The number of carbonyl (C=O) groups excluding carboxylic acids is 1. The van der Waals surface area contributed by atoms with E-state index in [2.05, 4.69) is 19.6 Å². The Bertz CT molecular complexity index is 389. The van der Waals surface area contributed by atoms with E-state index in [1.54, 1.807) is 0 Å². The van der Waals surface area contributed by atoms with Gasteiger partial charge in [0.15, 0.2) is 0 Å². The molecule has 1 aliphatic carbocycles. The van der Waals surface area contributed by atoms with Gasteiger partial charge in [-0.05, 0) is 0 Å². The fourth-order valence-corrected chi connectivity index (χ4v) is 6.80. The van der Waals surface area contributed by atoms with E-state index < -0.39 is 8.32 Å². The SMILES string of the molecule is C[Si](C)(C)OCC[CH2][Ti+2][C]1=C2[SiH2]C2=CC1=O.[Cl-].[Cl-]. The maximum absolute atomic E-state index is 11.5. The van der Waals surface area contributed by atoms with Gasteiger partial charge in [0.25, 0.3) is 0 Å². The zero-order valence-corrected chi connectivity index (χ0v) is 16.5. The summed E-state index contributed by atoms with van der Waals surface area (Å²) in [6.45, 7) is 7.56. The molecular formula is C11H18Cl2O2Si2Ti. The van der Waals surface area contributed by atoms with Crippen molar-refractivity contribution in [1.29, 1.82) is 0 Å². The molecule has 0 bridgehead atoms. The summed E-state index contributed by atoms with van der Waals surface area (Å²) in [4.78, 5) is 11.5. The van der Waals surface area contributed by atoms with Crippen LogP contribution in [0.1, 0.15) is 6.42 Å². The Morgan fingerprint density at radius 1 is 1.33 bits per heavy atom. The van der Waals surface area contributed by atoms with Gasteiger partial charge in [-0.15, -0.1) is 0 Å². The number of rotatable bonds is 6. The molecular weight excluding hydrogens is 339 g/mol. The zero-order valence-electron chi connectivity index (χ0n) is 11.0. The molecule has 0 atom stereocenters. The molecule has 0 N–H and O–H groups in total. The van der Waals surface area contributed by atoms with Crippen molar-refractivity contribution in [3.63, 3.8) is 0 Å². The summed E-state index contributed by atoms with van der Waals surface area (Å²) in [5, 5.41) is 3.00. The minimum Gasteiger partial charge on any atom is -1.00 e. The molecule has 2 aliphatic rings. The Morgan fingerprint density at radius 2 is 2.00 bits per heavy atom. The first-order chi connectivity index (χ1) is 7.47. The first-order valence-corrected chi connectivity index (χ1v) is 12.5. The van der Waals surface area contributed by atoms with Gasteiger partial charge < -0.3 is 24.8 Å². The van der Waals surface area contributed by atoms with Crippen molar-refractivity contribution >= 4 is 23.6 Å². The van der Waals surface area contributed by atoms with Crippen LogP contribution in [0.3, 0.4) is 0 Å². The second-order valence-electron chi connectivity index (χ2n) is 5.31. The number of hydrogen-bond donors (Lipinski definition) is 0. The van der Waals surface area contributed by atoms with E-state index in [1.165, 1.54) is 19.0 Å². The number of ketones is 1. The zero-order chi connectivity index (χ0) is 11.8. The summed E-state index contributed by atoms with van der Waals surface area (Å²) in [6.07, 6.45) is 3.05. The fourth-order valence-electron chi connectivity index (χ4n) is 1.77. The Hall–Kier alpha value is 0.838. The number of hydrogen-bond acceptors (Lipinski definition) is 2. The van der Waals surface area contributed by atoms with Gasteiger partial charge in [0.05, 0.1) is 0 Å². The van der Waals surface area contributed by atoms with Crippen LogP contribution >= 0.6 is 0 Å². The quantitative estimate of drug-likeness (QED) is 0.355. The Labute approximate surface area is 134 Å². The molecule has 2 nitrogen and oxygen atoms in total. The summed E-state index contributed by atoms with van der Waals surface area (Å²) in [6, 6.07) is 0. The predicted molar refractivity (Wildman–Crippen MR) is 67.4 cm³/mol. The molecule has 1 aliphatic heterocycles. The first kappa shape index (κ1) is 18.8. The minimum atomic E-state index is -1.33. The molecule has 0 amide bonds. The summed E-state index contributed by atoms with van der Waals surface area (Å²) >= 11 is -0.155. The Balaban J connectivity index is 0.00000144. The molecule has 7 heteroatoms.